The lowest BCUT2D eigenvalue weighted by molar-refractivity contribution is 0.604. The molecule has 0 atom stereocenters. The van der Waals surface area contributed by atoms with E-state index in [1.54, 1.807) is 6.92 Å². The van der Waals surface area contributed by atoms with Gasteiger partial charge in [-0.25, -0.2) is 17.4 Å². The van der Waals surface area contributed by atoms with Crippen molar-refractivity contribution in [3.8, 4) is 0 Å². The van der Waals surface area contributed by atoms with E-state index in [4.69, 9.17) is 0 Å². The van der Waals surface area contributed by atoms with Crippen molar-refractivity contribution < 1.29 is 8.42 Å². The van der Waals surface area contributed by atoms with Gasteiger partial charge in [-0.2, -0.15) is 0 Å². The van der Waals surface area contributed by atoms with Crippen LogP contribution >= 0.6 is 0 Å². The molecule has 1 rings (SSSR count). The van der Waals surface area contributed by atoms with Crippen LogP contribution < -0.4 is 0 Å². The van der Waals surface area contributed by atoms with Gasteiger partial charge in [0.15, 0.2) is 0 Å². The number of aromatic nitrogens is 2. The second-order valence-corrected chi connectivity index (χ2v) is 3.14. The molecule has 1 heterocycles. The first kappa shape index (κ1) is 8.26. The Morgan fingerprint density at radius 3 is 2.64 bits per heavy atom. The van der Waals surface area contributed by atoms with Gasteiger partial charge in [0.2, 0.25) is 10.9 Å². The van der Waals surface area contributed by atoms with Gasteiger partial charge in [0.25, 0.3) is 0 Å². The molecule has 0 bridgehead atoms. The van der Waals surface area contributed by atoms with Gasteiger partial charge >= 0.3 is 0 Å². The molecule has 4 nitrogen and oxygen atoms in total. The van der Waals surface area contributed by atoms with Crippen LogP contribution in [0.4, 0.5) is 0 Å². The molecular weight excluding hydrogens is 164 g/mol. The number of hydrogen-bond acceptors (Lipinski definition) is 3. The molecule has 1 aromatic heterocycles. The zero-order valence-electron chi connectivity index (χ0n) is 6.44. The zero-order chi connectivity index (χ0) is 8.43. The Morgan fingerprint density at radius 1 is 1.64 bits per heavy atom. The molecule has 5 heteroatoms. The van der Waals surface area contributed by atoms with E-state index in [0.717, 1.165) is 5.69 Å². The van der Waals surface area contributed by atoms with Crippen LogP contribution in [0.15, 0.2) is 6.20 Å². The van der Waals surface area contributed by atoms with Crippen LogP contribution in [-0.2, 0) is 17.3 Å². The van der Waals surface area contributed by atoms with E-state index < -0.39 is 10.9 Å². The quantitative estimate of drug-likeness (QED) is 0.648. The Hall–Kier alpha value is -0.840. The second kappa shape index (κ2) is 3.04. The lowest BCUT2D eigenvalue weighted by Crippen LogP contribution is -1.99. The summed E-state index contributed by atoms with van der Waals surface area (Å²) in [6.07, 6.45) is 2.15. The summed E-state index contributed by atoms with van der Waals surface area (Å²) in [5, 5.41) is 0. The molecule has 0 fully saturated rings. The lowest BCUT2D eigenvalue weighted by atomic mass is 10.5. The molecule has 0 aliphatic heterocycles. The van der Waals surface area contributed by atoms with E-state index >= 15 is 0 Å². The van der Waals surface area contributed by atoms with Crippen molar-refractivity contribution in [2.45, 2.75) is 20.3 Å². The van der Waals surface area contributed by atoms with E-state index in [1.807, 2.05) is 6.92 Å². The summed E-state index contributed by atoms with van der Waals surface area (Å²) >= 11 is 0. The van der Waals surface area contributed by atoms with Crippen molar-refractivity contribution in [3.05, 3.63) is 17.7 Å². The maximum atomic E-state index is 10.6. The monoisotopic (exact) mass is 174 g/mol. The van der Waals surface area contributed by atoms with E-state index in [9.17, 15) is 8.42 Å². The van der Waals surface area contributed by atoms with Crippen molar-refractivity contribution in [3.63, 3.8) is 0 Å². The zero-order valence-corrected chi connectivity index (χ0v) is 7.34. The first-order chi connectivity index (χ1) is 5.15. The van der Waals surface area contributed by atoms with Gasteiger partial charge in [-0.05, 0) is 6.92 Å². The van der Waals surface area contributed by atoms with Crippen LogP contribution in [-0.4, -0.2) is 17.4 Å². The van der Waals surface area contributed by atoms with Crippen LogP contribution in [0, 0.1) is 6.92 Å². The lowest BCUT2D eigenvalue weighted by Gasteiger charge is -1.92. The van der Waals surface area contributed by atoms with Crippen molar-refractivity contribution in [1.29, 1.82) is 0 Å². The van der Waals surface area contributed by atoms with Crippen LogP contribution in [0.2, 0.25) is 0 Å². The Labute approximate surface area is 67.0 Å². The molecule has 1 aromatic rings. The summed E-state index contributed by atoms with van der Waals surface area (Å²) in [7, 11) is -2.55. The largest absolute Gasteiger partial charge is 0.238 e. The fourth-order valence-electron chi connectivity index (χ4n) is 0.918. The normalized spacial score (nSPS) is 10.8. The molecule has 0 N–H and O–H groups in total. The summed E-state index contributed by atoms with van der Waals surface area (Å²) < 4.78 is 22.3. The van der Waals surface area contributed by atoms with E-state index in [-0.39, 0.29) is 0 Å². The maximum absolute atomic E-state index is 10.6. The highest BCUT2D eigenvalue weighted by molar-refractivity contribution is 7.70. The Morgan fingerprint density at radius 2 is 2.27 bits per heavy atom. The second-order valence-electron chi connectivity index (χ2n) is 2.23. The summed E-state index contributed by atoms with van der Waals surface area (Å²) in [5.74, 6) is 0.596. The number of thiol groups is 1. The Bertz CT molecular complexity index is 319. The third-order valence-electron chi connectivity index (χ3n) is 1.37. The van der Waals surface area contributed by atoms with Crippen LogP contribution in [0.25, 0.3) is 0 Å². The number of nitrogens with zero attached hydrogens (tertiary/aromatic N) is 2. The highest BCUT2D eigenvalue weighted by Crippen LogP contribution is 2.01. The minimum Gasteiger partial charge on any atom is -0.238 e. The predicted octanol–water partition coefficient (Wildman–Crippen LogP) is 0.128. The summed E-state index contributed by atoms with van der Waals surface area (Å²) in [6.45, 7) is 3.64. The van der Waals surface area contributed by atoms with Crippen molar-refractivity contribution >= 4 is 10.9 Å². The molecule has 0 aromatic carbocycles. The van der Waals surface area contributed by atoms with Crippen molar-refractivity contribution in [2.24, 2.45) is 0 Å². The van der Waals surface area contributed by atoms with Crippen LogP contribution in [0.5, 0.6) is 0 Å². The summed E-state index contributed by atoms with van der Waals surface area (Å²) in [6, 6.07) is 0. The number of rotatable bonds is 2. The predicted molar refractivity (Wildman–Crippen MR) is 42.1 cm³/mol. The van der Waals surface area contributed by atoms with Crippen LogP contribution in [0.3, 0.4) is 0 Å². The smallest absolute Gasteiger partial charge is 0.229 e. The van der Waals surface area contributed by atoms with E-state index in [2.05, 4.69) is 4.98 Å². The van der Waals surface area contributed by atoms with E-state index in [1.165, 1.54) is 10.2 Å². The van der Waals surface area contributed by atoms with Gasteiger partial charge in [0.1, 0.15) is 5.82 Å². The molecule has 0 saturated heterocycles. The fraction of sp³-hybridized carbons (Fsp3) is 0.500. The number of aryl methyl sites for hydroxylation is 2. The van der Waals surface area contributed by atoms with Gasteiger partial charge < -0.3 is 0 Å². The third-order valence-corrected chi connectivity index (χ3v) is 2.07. The standard InChI is InChI=1S/C6H10N2O2S/c1-3-6-7-5(2)4-8(6)11(9)10/h4,11H,3H2,1-2H3. The van der Waals surface area contributed by atoms with Gasteiger partial charge in [-0.1, -0.05) is 6.92 Å². The highest BCUT2D eigenvalue weighted by Gasteiger charge is 2.03. The van der Waals surface area contributed by atoms with Gasteiger partial charge in [-0.3, -0.25) is 0 Å². The number of hydrogen-bond donors (Lipinski definition) is 1. The Kier molecular flexibility index (Phi) is 2.28. The van der Waals surface area contributed by atoms with Gasteiger partial charge in [-0.15, -0.1) is 0 Å². The minimum atomic E-state index is -2.55. The van der Waals surface area contributed by atoms with Crippen LogP contribution in [0.1, 0.15) is 18.4 Å². The summed E-state index contributed by atoms with van der Waals surface area (Å²) in [4.78, 5) is 4.03. The van der Waals surface area contributed by atoms with Crippen molar-refractivity contribution in [2.75, 3.05) is 0 Å². The van der Waals surface area contributed by atoms with Gasteiger partial charge in [0, 0.05) is 12.6 Å². The molecule has 0 aliphatic rings. The first-order valence-electron chi connectivity index (χ1n) is 3.34. The molecule has 0 aliphatic carbocycles. The number of imidazole rings is 1. The molecule has 11 heavy (non-hydrogen) atoms. The topological polar surface area (TPSA) is 52.0 Å². The molecule has 0 radical (unpaired) electrons. The molecular formula is C6H10N2O2S. The molecule has 0 unspecified atom stereocenters. The minimum absolute atomic E-state index is 0.596. The molecule has 62 valence electrons. The molecule has 0 spiro atoms. The highest BCUT2D eigenvalue weighted by atomic mass is 32.2. The van der Waals surface area contributed by atoms with Crippen molar-refractivity contribution in [1.82, 2.24) is 8.96 Å². The fourth-order valence-corrected chi connectivity index (χ4v) is 1.55. The third kappa shape index (κ3) is 1.59. The molecule has 0 amide bonds. The molecule has 0 saturated carbocycles. The SMILES string of the molecule is CCc1nc(C)cn1[SH](=O)=O. The Balaban J connectivity index is 3.22. The van der Waals surface area contributed by atoms with E-state index in [0.29, 0.717) is 12.2 Å². The maximum Gasteiger partial charge on any atom is 0.229 e. The summed E-state index contributed by atoms with van der Waals surface area (Å²) in [5.41, 5.74) is 0.737. The first-order valence-corrected chi connectivity index (χ1v) is 4.47. The average molecular weight is 174 g/mol. The average Bonchev–Trinajstić information content (AvgIpc) is 2.30. The van der Waals surface area contributed by atoms with Gasteiger partial charge in [0.05, 0.1) is 5.69 Å².